The highest BCUT2D eigenvalue weighted by atomic mass is 16.4. The van der Waals surface area contributed by atoms with Crippen LogP contribution in [0.25, 0.3) is 11.1 Å². The Morgan fingerprint density at radius 3 is 1.97 bits per heavy atom. The van der Waals surface area contributed by atoms with Crippen molar-refractivity contribution in [1.82, 2.24) is 9.88 Å². The van der Waals surface area contributed by atoms with Crippen LogP contribution in [-0.4, -0.2) is 45.1 Å². The monoisotopic (exact) mass is 415 g/mol. The second kappa shape index (κ2) is 10.6. The molecular weight excluding hydrogens is 386 g/mol. The van der Waals surface area contributed by atoms with Crippen molar-refractivity contribution in [1.29, 1.82) is 0 Å². The lowest BCUT2D eigenvalue weighted by atomic mass is 9.94. The normalized spacial score (nSPS) is 11.0. The molecule has 30 heavy (non-hydrogen) atoms. The summed E-state index contributed by atoms with van der Waals surface area (Å²) in [6, 6.07) is 6.93. The highest BCUT2D eigenvalue weighted by Crippen LogP contribution is 2.29. The maximum absolute atomic E-state index is 12.1. The van der Waals surface area contributed by atoms with Gasteiger partial charge in [0.2, 0.25) is 0 Å². The molecule has 2 aromatic rings. The van der Waals surface area contributed by atoms with Crippen molar-refractivity contribution in [3.8, 4) is 11.1 Å². The lowest BCUT2D eigenvalue weighted by Gasteiger charge is -2.22. The summed E-state index contributed by atoms with van der Waals surface area (Å²) < 4.78 is 0. The molecule has 0 saturated heterocycles. The van der Waals surface area contributed by atoms with E-state index in [0.29, 0.717) is 5.56 Å². The highest BCUT2D eigenvalue weighted by Gasteiger charge is 2.26. The number of aromatic nitrogens is 1. The van der Waals surface area contributed by atoms with Crippen LogP contribution in [0.2, 0.25) is 0 Å². The average Bonchev–Trinajstić information content (AvgIpc) is 2.69. The molecule has 0 radical (unpaired) electrons. The zero-order chi connectivity index (χ0) is 22.3. The molecule has 8 heteroatoms. The Morgan fingerprint density at radius 2 is 1.50 bits per heavy atom. The van der Waals surface area contributed by atoms with Crippen molar-refractivity contribution in [2.24, 2.45) is 0 Å². The molecule has 0 unspecified atom stereocenters. The van der Waals surface area contributed by atoms with Crippen molar-refractivity contribution in [2.45, 2.75) is 46.1 Å². The number of hydrogen-bond donors (Lipinski definition) is 4. The number of nitrogens with one attached hydrogen (secondary N) is 1. The Bertz CT molecular complexity index is 942. The molecule has 1 aromatic carbocycles. The van der Waals surface area contributed by atoms with Gasteiger partial charge in [0.25, 0.3) is 5.56 Å². The zero-order valence-corrected chi connectivity index (χ0v) is 17.4. The van der Waals surface area contributed by atoms with Crippen LogP contribution in [0.15, 0.2) is 29.1 Å². The lowest BCUT2D eigenvalue weighted by Crippen LogP contribution is -2.25. The summed E-state index contributed by atoms with van der Waals surface area (Å²) in [4.78, 5) is 40.0. The van der Waals surface area contributed by atoms with Gasteiger partial charge < -0.3 is 20.9 Å². The van der Waals surface area contributed by atoms with Crippen LogP contribution in [0, 0.1) is 0 Å². The van der Waals surface area contributed by atoms with Gasteiger partial charge in [-0.05, 0) is 37.1 Å². The molecule has 0 atom stereocenters. The summed E-state index contributed by atoms with van der Waals surface area (Å²) >= 11 is 0. The molecule has 162 valence electrons. The van der Waals surface area contributed by atoms with Crippen LogP contribution >= 0.6 is 0 Å². The van der Waals surface area contributed by atoms with E-state index >= 15 is 0 Å². The molecule has 0 aliphatic carbocycles. The van der Waals surface area contributed by atoms with Gasteiger partial charge in [-0.25, -0.2) is 9.59 Å². The van der Waals surface area contributed by atoms with Crippen molar-refractivity contribution in [2.75, 3.05) is 18.8 Å². The molecule has 0 bridgehead atoms. The summed E-state index contributed by atoms with van der Waals surface area (Å²) in [5.41, 5.74) is 4.85. The molecule has 0 spiro atoms. The predicted molar refractivity (Wildman–Crippen MR) is 116 cm³/mol. The number of hydrogen-bond acceptors (Lipinski definition) is 5. The summed E-state index contributed by atoms with van der Waals surface area (Å²) in [6.07, 6.45) is 4.44. The van der Waals surface area contributed by atoms with Crippen LogP contribution in [0.4, 0.5) is 5.82 Å². The zero-order valence-electron chi connectivity index (χ0n) is 17.4. The maximum atomic E-state index is 12.1. The van der Waals surface area contributed by atoms with Gasteiger partial charge in [-0.3, -0.25) is 9.69 Å². The number of carboxylic acid groups (broad SMARTS) is 2. The Labute approximate surface area is 175 Å². The smallest absolute Gasteiger partial charge is 0.342 e. The lowest BCUT2D eigenvalue weighted by molar-refractivity contribution is 0.0695. The molecule has 0 saturated carbocycles. The van der Waals surface area contributed by atoms with Crippen LogP contribution in [0.3, 0.4) is 0 Å². The number of nitrogens with two attached hydrogens (primary N) is 1. The number of aromatic amines is 1. The Morgan fingerprint density at radius 1 is 0.967 bits per heavy atom. The van der Waals surface area contributed by atoms with Gasteiger partial charge in [0.1, 0.15) is 16.9 Å². The van der Waals surface area contributed by atoms with Gasteiger partial charge >= 0.3 is 11.9 Å². The standard InChI is InChI=1S/C22H29N3O5/c1-3-5-11-25(12-6-4-2)13-14-7-9-15(10-8-14)16-17(21(27)28)19(23)24-20(26)18(16)22(29)30/h7-10H,3-6,11-13H2,1-2H3,(H,27,28)(H,29,30)(H3,23,24,26). The van der Waals surface area contributed by atoms with Crippen molar-refractivity contribution in [3.05, 3.63) is 51.3 Å². The number of nitrogen functional groups attached to an aromatic ring is 1. The molecule has 8 nitrogen and oxygen atoms in total. The van der Waals surface area contributed by atoms with E-state index in [1.54, 1.807) is 12.1 Å². The topological polar surface area (TPSA) is 137 Å². The summed E-state index contributed by atoms with van der Waals surface area (Å²) in [7, 11) is 0. The first kappa shape index (κ1) is 23.2. The number of aromatic carboxylic acids is 2. The largest absolute Gasteiger partial charge is 0.478 e. The Hall–Kier alpha value is -3.13. The molecule has 0 aliphatic rings. The molecule has 0 aliphatic heterocycles. The van der Waals surface area contributed by atoms with Gasteiger partial charge in [-0.15, -0.1) is 0 Å². The quantitative estimate of drug-likeness (QED) is 0.441. The van der Waals surface area contributed by atoms with E-state index in [4.69, 9.17) is 5.73 Å². The van der Waals surface area contributed by atoms with Gasteiger partial charge in [0.15, 0.2) is 0 Å². The fourth-order valence-electron chi connectivity index (χ4n) is 3.40. The van der Waals surface area contributed by atoms with Gasteiger partial charge in [-0.1, -0.05) is 51.0 Å². The first-order valence-electron chi connectivity index (χ1n) is 10.1. The third kappa shape index (κ3) is 5.48. The second-order valence-corrected chi connectivity index (χ2v) is 7.28. The SMILES string of the molecule is CCCCN(CCCC)Cc1ccc(-c2c(C(=O)O)c(N)[nH]c(=O)c2C(=O)O)cc1. The number of unbranched alkanes of at least 4 members (excludes halogenated alkanes) is 2. The fourth-order valence-corrected chi connectivity index (χ4v) is 3.40. The molecule has 1 aromatic heterocycles. The first-order chi connectivity index (χ1) is 14.3. The molecule has 0 amide bonds. The maximum Gasteiger partial charge on any atom is 0.342 e. The minimum atomic E-state index is -1.51. The fraction of sp³-hybridized carbons (Fsp3) is 0.409. The van der Waals surface area contributed by atoms with Crippen LogP contribution in [0.1, 0.15) is 65.8 Å². The van der Waals surface area contributed by atoms with Crippen molar-refractivity contribution >= 4 is 17.8 Å². The molecule has 2 rings (SSSR count). The number of carboxylic acids is 2. The summed E-state index contributed by atoms with van der Waals surface area (Å²) in [5, 5.41) is 19.0. The predicted octanol–water partition coefficient (Wildman–Crippen LogP) is 3.42. The Balaban J connectivity index is 2.43. The van der Waals surface area contributed by atoms with Gasteiger partial charge in [0.05, 0.1) is 0 Å². The number of pyridine rings is 1. The van der Waals surface area contributed by atoms with Crippen LogP contribution in [-0.2, 0) is 6.54 Å². The van der Waals surface area contributed by atoms with Crippen LogP contribution < -0.4 is 11.3 Å². The number of rotatable bonds is 11. The van der Waals surface area contributed by atoms with E-state index in [0.717, 1.165) is 50.9 Å². The van der Waals surface area contributed by atoms with Crippen molar-refractivity contribution < 1.29 is 19.8 Å². The molecule has 1 heterocycles. The minimum Gasteiger partial charge on any atom is -0.478 e. The number of nitrogens with zero attached hydrogens (tertiary/aromatic N) is 1. The van der Waals surface area contributed by atoms with Gasteiger partial charge in [0, 0.05) is 12.1 Å². The first-order valence-corrected chi connectivity index (χ1v) is 10.1. The summed E-state index contributed by atoms with van der Waals surface area (Å²) in [5.74, 6) is -3.29. The minimum absolute atomic E-state index is 0.184. The molecule has 5 N–H and O–H groups in total. The number of H-pyrrole nitrogens is 1. The number of anilines is 1. The van der Waals surface area contributed by atoms with E-state index in [1.165, 1.54) is 0 Å². The number of benzene rings is 1. The highest BCUT2D eigenvalue weighted by molar-refractivity contribution is 6.07. The molecule has 0 fully saturated rings. The van der Waals surface area contributed by atoms with E-state index in [9.17, 15) is 24.6 Å². The van der Waals surface area contributed by atoms with Gasteiger partial charge in [-0.2, -0.15) is 0 Å². The summed E-state index contributed by atoms with van der Waals surface area (Å²) in [6.45, 7) is 7.04. The van der Waals surface area contributed by atoms with Crippen molar-refractivity contribution in [3.63, 3.8) is 0 Å². The van der Waals surface area contributed by atoms with E-state index in [2.05, 4.69) is 23.7 Å². The van der Waals surface area contributed by atoms with E-state index < -0.39 is 28.6 Å². The van der Waals surface area contributed by atoms with Crippen LogP contribution in [0.5, 0.6) is 0 Å². The van der Waals surface area contributed by atoms with E-state index in [1.807, 2.05) is 12.1 Å². The number of carbonyl (C=O) groups is 2. The molecular formula is C22H29N3O5. The Kier molecular flexibility index (Phi) is 8.17. The second-order valence-electron chi connectivity index (χ2n) is 7.28. The average molecular weight is 415 g/mol. The van der Waals surface area contributed by atoms with E-state index in [-0.39, 0.29) is 11.4 Å². The third-order valence-corrected chi connectivity index (χ3v) is 4.98. The third-order valence-electron chi connectivity index (χ3n) is 4.98.